The number of benzene rings is 1. The van der Waals surface area contributed by atoms with Crippen LogP contribution in [0.2, 0.25) is 0 Å². The molecule has 0 N–H and O–H groups in total. The van der Waals surface area contributed by atoms with Gasteiger partial charge in [0.05, 0.1) is 11.6 Å². The Balaban J connectivity index is 2.06. The van der Waals surface area contributed by atoms with Crippen molar-refractivity contribution in [3.05, 3.63) is 47.7 Å². The van der Waals surface area contributed by atoms with Gasteiger partial charge in [-0.2, -0.15) is 8.42 Å². The van der Waals surface area contributed by atoms with Gasteiger partial charge in [-0.3, -0.25) is 4.31 Å². The zero-order valence-electron chi connectivity index (χ0n) is 11.5. The molecule has 112 valence electrons. The van der Waals surface area contributed by atoms with Crippen LogP contribution in [0.3, 0.4) is 0 Å². The maximum atomic E-state index is 12.8. The highest BCUT2D eigenvalue weighted by atomic mass is 35.5. The highest BCUT2D eigenvalue weighted by Gasteiger charge is 2.30. The van der Waals surface area contributed by atoms with Gasteiger partial charge in [0.1, 0.15) is 5.76 Å². The van der Waals surface area contributed by atoms with Crippen LogP contribution in [-0.4, -0.2) is 15.0 Å². The van der Waals surface area contributed by atoms with Crippen molar-refractivity contribution in [2.24, 2.45) is 0 Å². The summed E-state index contributed by atoms with van der Waals surface area (Å²) in [6.45, 7) is 0.469. The smallest absolute Gasteiger partial charge is 0.297 e. The minimum atomic E-state index is -3.68. The van der Waals surface area contributed by atoms with Crippen LogP contribution in [0.4, 0.5) is 5.69 Å². The van der Waals surface area contributed by atoms with Gasteiger partial charge in [-0.15, -0.1) is 11.6 Å². The summed E-state index contributed by atoms with van der Waals surface area (Å²) in [6.07, 6.45) is 2.71. The van der Waals surface area contributed by atoms with Gasteiger partial charge in [0.25, 0.3) is 10.0 Å². The maximum absolute atomic E-state index is 12.8. The van der Waals surface area contributed by atoms with Crippen molar-refractivity contribution < 1.29 is 12.8 Å². The van der Waals surface area contributed by atoms with E-state index in [2.05, 4.69) is 0 Å². The summed E-state index contributed by atoms with van der Waals surface area (Å²) in [5, 5.41) is -0.0464. The molecule has 2 aromatic rings. The summed E-state index contributed by atoms with van der Waals surface area (Å²) >= 11 is 5.68. The number of para-hydroxylation sites is 1. The Morgan fingerprint density at radius 2 is 1.95 bits per heavy atom. The fraction of sp³-hybridized carbons (Fsp3) is 0.333. The summed E-state index contributed by atoms with van der Waals surface area (Å²) in [5.74, 6) is 0.616. The third kappa shape index (κ3) is 2.68. The first-order chi connectivity index (χ1) is 10.1. The number of sulfonamides is 1. The molecule has 21 heavy (non-hydrogen) atoms. The Morgan fingerprint density at radius 3 is 2.71 bits per heavy atom. The summed E-state index contributed by atoms with van der Waals surface area (Å²) in [6, 6.07) is 10.7. The number of anilines is 1. The molecule has 1 aliphatic heterocycles. The minimum Gasteiger partial charge on any atom is -0.447 e. The number of nitrogens with zero attached hydrogens (tertiary/aromatic N) is 1. The Labute approximate surface area is 129 Å². The lowest BCUT2D eigenvalue weighted by molar-refractivity contribution is 0.424. The number of hydrogen-bond acceptors (Lipinski definition) is 3. The van der Waals surface area contributed by atoms with E-state index in [9.17, 15) is 8.42 Å². The molecule has 1 aromatic heterocycles. The molecule has 0 unspecified atom stereocenters. The van der Waals surface area contributed by atoms with Gasteiger partial charge in [-0.05, 0) is 43.0 Å². The van der Waals surface area contributed by atoms with Crippen molar-refractivity contribution in [1.82, 2.24) is 0 Å². The second-order valence-electron chi connectivity index (χ2n) is 5.02. The standard InChI is InChI=1S/C15H16ClNO3S/c16-11-13-8-9-15(20-13)21(18,19)17-10-4-3-6-12-5-1-2-7-14(12)17/h1-2,5,7-9H,3-4,6,10-11H2. The van der Waals surface area contributed by atoms with E-state index in [1.165, 1.54) is 10.4 Å². The first-order valence-corrected chi connectivity index (χ1v) is 8.86. The van der Waals surface area contributed by atoms with E-state index in [1.807, 2.05) is 24.3 Å². The van der Waals surface area contributed by atoms with Gasteiger partial charge < -0.3 is 4.42 Å². The highest BCUT2D eigenvalue weighted by Crippen LogP contribution is 2.31. The fourth-order valence-electron chi connectivity index (χ4n) is 2.58. The highest BCUT2D eigenvalue weighted by molar-refractivity contribution is 7.92. The molecule has 4 nitrogen and oxygen atoms in total. The fourth-order valence-corrected chi connectivity index (χ4v) is 4.20. The van der Waals surface area contributed by atoms with Crippen LogP contribution in [-0.2, 0) is 22.3 Å². The first kappa shape index (κ1) is 14.5. The molecule has 3 rings (SSSR count). The molecular formula is C15H16ClNO3S. The van der Waals surface area contributed by atoms with E-state index in [4.69, 9.17) is 16.0 Å². The molecule has 0 saturated carbocycles. The molecule has 0 spiro atoms. The third-order valence-electron chi connectivity index (χ3n) is 3.63. The van der Waals surface area contributed by atoms with Gasteiger partial charge in [-0.25, -0.2) is 0 Å². The second kappa shape index (κ2) is 5.73. The molecule has 0 atom stereocenters. The number of aryl methyl sites for hydroxylation is 1. The molecule has 2 heterocycles. The Hall–Kier alpha value is -1.46. The summed E-state index contributed by atoms with van der Waals surface area (Å²) < 4.78 is 32.4. The van der Waals surface area contributed by atoms with Crippen molar-refractivity contribution in [1.29, 1.82) is 0 Å². The normalized spacial score (nSPS) is 15.6. The van der Waals surface area contributed by atoms with Crippen LogP contribution >= 0.6 is 11.6 Å². The van der Waals surface area contributed by atoms with E-state index >= 15 is 0 Å². The van der Waals surface area contributed by atoms with E-state index in [0.29, 0.717) is 12.3 Å². The summed E-state index contributed by atoms with van der Waals surface area (Å²) in [5.41, 5.74) is 1.81. The van der Waals surface area contributed by atoms with Gasteiger partial charge in [0.2, 0.25) is 5.09 Å². The van der Waals surface area contributed by atoms with Gasteiger partial charge in [0.15, 0.2) is 0 Å². The largest absolute Gasteiger partial charge is 0.447 e. The molecule has 0 radical (unpaired) electrons. The SMILES string of the molecule is O=S(=O)(c1ccc(CCl)o1)N1CCCCc2ccccc21. The maximum Gasteiger partial charge on any atom is 0.297 e. The van der Waals surface area contributed by atoms with Gasteiger partial charge in [0, 0.05) is 6.54 Å². The molecule has 6 heteroatoms. The average Bonchev–Trinajstić information content (AvgIpc) is 2.87. The van der Waals surface area contributed by atoms with E-state index in [-0.39, 0.29) is 11.0 Å². The topological polar surface area (TPSA) is 50.5 Å². The van der Waals surface area contributed by atoms with Crippen molar-refractivity contribution in [2.45, 2.75) is 30.2 Å². The number of halogens is 1. The van der Waals surface area contributed by atoms with Crippen molar-refractivity contribution in [2.75, 3.05) is 10.8 Å². The van der Waals surface area contributed by atoms with Gasteiger partial charge >= 0.3 is 0 Å². The van der Waals surface area contributed by atoms with Crippen molar-refractivity contribution >= 4 is 27.3 Å². The van der Waals surface area contributed by atoms with Crippen LogP contribution < -0.4 is 4.31 Å². The molecular weight excluding hydrogens is 310 g/mol. The molecule has 0 bridgehead atoms. The number of alkyl halides is 1. The quantitative estimate of drug-likeness (QED) is 0.811. The lowest BCUT2D eigenvalue weighted by Gasteiger charge is -2.23. The van der Waals surface area contributed by atoms with Crippen LogP contribution in [0.15, 0.2) is 45.9 Å². The van der Waals surface area contributed by atoms with Crippen LogP contribution in [0.25, 0.3) is 0 Å². The lowest BCUT2D eigenvalue weighted by Crippen LogP contribution is -2.31. The summed E-state index contributed by atoms with van der Waals surface area (Å²) in [7, 11) is -3.68. The molecule has 1 aliphatic rings. The molecule has 0 saturated heterocycles. The third-order valence-corrected chi connectivity index (χ3v) is 5.58. The van der Waals surface area contributed by atoms with E-state index < -0.39 is 10.0 Å². The van der Waals surface area contributed by atoms with Gasteiger partial charge in [-0.1, -0.05) is 18.2 Å². The number of furan rings is 1. The van der Waals surface area contributed by atoms with Crippen molar-refractivity contribution in [3.8, 4) is 0 Å². The zero-order chi connectivity index (χ0) is 14.9. The van der Waals surface area contributed by atoms with E-state index in [1.54, 1.807) is 6.07 Å². The zero-order valence-corrected chi connectivity index (χ0v) is 13.0. The number of rotatable bonds is 3. The number of fused-ring (bicyclic) bond motifs is 1. The second-order valence-corrected chi connectivity index (χ2v) is 7.08. The van der Waals surface area contributed by atoms with Crippen LogP contribution in [0, 0.1) is 0 Å². The predicted molar refractivity (Wildman–Crippen MR) is 82.2 cm³/mol. The van der Waals surface area contributed by atoms with Crippen LogP contribution in [0.1, 0.15) is 24.2 Å². The first-order valence-electron chi connectivity index (χ1n) is 6.88. The monoisotopic (exact) mass is 325 g/mol. The molecule has 1 aromatic carbocycles. The number of hydrogen-bond donors (Lipinski definition) is 0. The Bertz CT molecular complexity index is 739. The lowest BCUT2D eigenvalue weighted by atomic mass is 10.1. The molecule has 0 amide bonds. The average molecular weight is 326 g/mol. The van der Waals surface area contributed by atoms with Crippen molar-refractivity contribution in [3.63, 3.8) is 0 Å². The summed E-state index contributed by atoms with van der Waals surface area (Å²) in [4.78, 5) is 0. The van der Waals surface area contributed by atoms with Crippen LogP contribution in [0.5, 0.6) is 0 Å². The molecule has 0 aliphatic carbocycles. The Kier molecular flexibility index (Phi) is 3.95. The Morgan fingerprint density at radius 1 is 1.14 bits per heavy atom. The molecule has 0 fully saturated rings. The minimum absolute atomic E-state index is 0.0464. The van der Waals surface area contributed by atoms with E-state index in [0.717, 1.165) is 30.5 Å². The predicted octanol–water partition coefficient (Wildman–Crippen LogP) is 3.55.